The summed E-state index contributed by atoms with van der Waals surface area (Å²) in [6.45, 7) is 5.14. The number of rotatable bonds is 5. The van der Waals surface area contributed by atoms with Crippen molar-refractivity contribution in [3.8, 4) is 0 Å². The minimum atomic E-state index is -0.203. The summed E-state index contributed by atoms with van der Waals surface area (Å²) in [5.41, 5.74) is 3.48. The lowest BCUT2D eigenvalue weighted by atomic mass is 9.97. The van der Waals surface area contributed by atoms with Crippen molar-refractivity contribution in [3.05, 3.63) is 69.4 Å². The van der Waals surface area contributed by atoms with Gasteiger partial charge in [0, 0.05) is 4.47 Å². The van der Waals surface area contributed by atoms with Gasteiger partial charge >= 0.3 is 0 Å². The summed E-state index contributed by atoms with van der Waals surface area (Å²) in [7, 11) is 0. The van der Waals surface area contributed by atoms with Crippen LogP contribution in [0.2, 0.25) is 0 Å². The predicted molar refractivity (Wildman–Crippen MR) is 85.4 cm³/mol. The van der Waals surface area contributed by atoms with Gasteiger partial charge in [-0.25, -0.2) is 4.39 Å². The quantitative estimate of drug-likeness (QED) is 0.811. The van der Waals surface area contributed by atoms with Crippen molar-refractivity contribution in [1.82, 2.24) is 5.32 Å². The van der Waals surface area contributed by atoms with Gasteiger partial charge in [-0.2, -0.15) is 0 Å². The molecule has 0 bridgehead atoms. The monoisotopic (exact) mass is 335 g/mol. The van der Waals surface area contributed by atoms with E-state index in [1.54, 1.807) is 0 Å². The van der Waals surface area contributed by atoms with Crippen molar-refractivity contribution in [2.45, 2.75) is 26.3 Å². The smallest absolute Gasteiger partial charge is 0.123 e. The van der Waals surface area contributed by atoms with E-state index < -0.39 is 0 Å². The van der Waals surface area contributed by atoms with Crippen molar-refractivity contribution in [1.29, 1.82) is 0 Å². The molecule has 1 atom stereocenters. The fraction of sp³-hybridized carbons (Fsp3) is 0.294. The highest BCUT2D eigenvalue weighted by Crippen LogP contribution is 2.29. The number of hydrogen-bond acceptors (Lipinski definition) is 1. The molecule has 0 saturated heterocycles. The Kier molecular flexibility index (Phi) is 5.32. The summed E-state index contributed by atoms with van der Waals surface area (Å²) in [5, 5.41) is 3.54. The first kappa shape index (κ1) is 15.2. The molecule has 106 valence electrons. The van der Waals surface area contributed by atoms with Crippen molar-refractivity contribution in [2.75, 3.05) is 6.54 Å². The van der Waals surface area contributed by atoms with E-state index in [-0.39, 0.29) is 11.9 Å². The fourth-order valence-electron chi connectivity index (χ4n) is 2.24. The Morgan fingerprint density at radius 3 is 2.50 bits per heavy atom. The van der Waals surface area contributed by atoms with Crippen LogP contribution in [0.3, 0.4) is 0 Å². The Bertz CT molecular complexity index is 566. The molecule has 0 amide bonds. The third kappa shape index (κ3) is 3.68. The normalized spacial score (nSPS) is 12.4. The Hall–Kier alpha value is -1.19. The third-order valence-electron chi connectivity index (χ3n) is 3.26. The molecule has 20 heavy (non-hydrogen) atoms. The Balaban J connectivity index is 2.41. The molecule has 2 rings (SSSR count). The molecule has 0 fully saturated rings. The maximum Gasteiger partial charge on any atom is 0.123 e. The standard InChI is InChI=1S/C17H19BrFN/c1-3-10-20-17(13-5-7-14(19)8-6-13)15-11-12(2)4-9-16(15)18/h4-9,11,17,20H,3,10H2,1-2H3. The van der Waals surface area contributed by atoms with Crippen molar-refractivity contribution in [2.24, 2.45) is 0 Å². The second kappa shape index (κ2) is 7.00. The van der Waals surface area contributed by atoms with Gasteiger partial charge in [0.2, 0.25) is 0 Å². The molecule has 3 heteroatoms. The lowest BCUT2D eigenvalue weighted by Crippen LogP contribution is -2.23. The zero-order chi connectivity index (χ0) is 14.5. The first-order valence-electron chi connectivity index (χ1n) is 6.86. The van der Waals surface area contributed by atoms with E-state index in [0.29, 0.717) is 0 Å². The highest BCUT2D eigenvalue weighted by molar-refractivity contribution is 9.10. The van der Waals surface area contributed by atoms with Crippen LogP contribution in [-0.4, -0.2) is 6.54 Å². The number of benzene rings is 2. The molecule has 1 N–H and O–H groups in total. The van der Waals surface area contributed by atoms with Crippen LogP contribution in [0.15, 0.2) is 46.9 Å². The van der Waals surface area contributed by atoms with E-state index in [9.17, 15) is 4.39 Å². The summed E-state index contributed by atoms with van der Waals surface area (Å²) >= 11 is 3.62. The second-order valence-electron chi connectivity index (χ2n) is 4.96. The van der Waals surface area contributed by atoms with Crippen molar-refractivity contribution < 1.29 is 4.39 Å². The molecule has 0 aliphatic heterocycles. The van der Waals surface area contributed by atoms with E-state index in [4.69, 9.17) is 0 Å². The van der Waals surface area contributed by atoms with E-state index >= 15 is 0 Å². The Morgan fingerprint density at radius 2 is 1.85 bits per heavy atom. The molecule has 0 heterocycles. The van der Waals surface area contributed by atoms with Crippen LogP contribution >= 0.6 is 15.9 Å². The lowest BCUT2D eigenvalue weighted by molar-refractivity contribution is 0.591. The van der Waals surface area contributed by atoms with E-state index in [1.165, 1.54) is 23.3 Å². The zero-order valence-corrected chi connectivity index (χ0v) is 13.4. The topological polar surface area (TPSA) is 12.0 Å². The Morgan fingerprint density at radius 1 is 1.15 bits per heavy atom. The molecule has 0 aliphatic rings. The van der Waals surface area contributed by atoms with Crippen LogP contribution in [0, 0.1) is 12.7 Å². The highest BCUT2D eigenvalue weighted by atomic mass is 79.9. The number of hydrogen-bond donors (Lipinski definition) is 1. The number of nitrogens with one attached hydrogen (secondary N) is 1. The Labute approximate surface area is 128 Å². The minimum absolute atomic E-state index is 0.0739. The highest BCUT2D eigenvalue weighted by Gasteiger charge is 2.16. The average molecular weight is 336 g/mol. The molecular weight excluding hydrogens is 317 g/mol. The summed E-state index contributed by atoms with van der Waals surface area (Å²) in [5.74, 6) is -0.203. The van der Waals surface area contributed by atoms with Crippen molar-refractivity contribution >= 4 is 15.9 Å². The molecule has 0 aliphatic carbocycles. The molecule has 1 nitrogen and oxygen atoms in total. The van der Waals surface area contributed by atoms with Crippen LogP contribution in [0.5, 0.6) is 0 Å². The molecule has 0 radical (unpaired) electrons. The zero-order valence-electron chi connectivity index (χ0n) is 11.8. The van der Waals surface area contributed by atoms with Gasteiger partial charge in [-0.3, -0.25) is 0 Å². The molecule has 2 aromatic carbocycles. The molecule has 0 aromatic heterocycles. The largest absolute Gasteiger partial charge is 0.306 e. The van der Waals surface area contributed by atoms with Crippen LogP contribution in [0.1, 0.15) is 36.1 Å². The number of halogens is 2. The van der Waals surface area contributed by atoms with Gasteiger partial charge in [0.1, 0.15) is 5.82 Å². The first-order chi connectivity index (χ1) is 9.61. The summed E-state index contributed by atoms with van der Waals surface area (Å²) in [6.07, 6.45) is 1.06. The SMILES string of the molecule is CCCNC(c1ccc(F)cc1)c1cc(C)ccc1Br. The van der Waals surface area contributed by atoms with Gasteiger partial charge in [0.05, 0.1) is 6.04 Å². The van der Waals surface area contributed by atoms with Gasteiger partial charge in [-0.05, 0) is 49.2 Å². The van der Waals surface area contributed by atoms with Gasteiger partial charge in [0.25, 0.3) is 0 Å². The van der Waals surface area contributed by atoms with Crippen LogP contribution in [-0.2, 0) is 0 Å². The predicted octanol–water partition coefficient (Wildman–Crippen LogP) is 4.99. The van der Waals surface area contributed by atoms with E-state index in [1.807, 2.05) is 12.1 Å². The molecule has 0 spiro atoms. The maximum atomic E-state index is 13.1. The molecule has 2 aromatic rings. The molecular formula is C17H19BrFN. The first-order valence-corrected chi connectivity index (χ1v) is 7.66. The maximum absolute atomic E-state index is 13.1. The lowest BCUT2D eigenvalue weighted by Gasteiger charge is -2.21. The summed E-state index contributed by atoms with van der Waals surface area (Å²) in [6, 6.07) is 13.1. The van der Waals surface area contributed by atoms with Crippen molar-refractivity contribution in [3.63, 3.8) is 0 Å². The minimum Gasteiger partial charge on any atom is -0.306 e. The molecule has 0 saturated carbocycles. The van der Waals surface area contributed by atoms with Gasteiger partial charge in [0.15, 0.2) is 0 Å². The van der Waals surface area contributed by atoms with Crippen LogP contribution < -0.4 is 5.32 Å². The fourth-order valence-corrected chi connectivity index (χ4v) is 2.71. The van der Waals surface area contributed by atoms with Gasteiger partial charge < -0.3 is 5.32 Å². The van der Waals surface area contributed by atoms with Gasteiger partial charge in [-0.1, -0.05) is 52.7 Å². The summed E-state index contributed by atoms with van der Waals surface area (Å²) < 4.78 is 14.2. The van der Waals surface area contributed by atoms with E-state index in [0.717, 1.165) is 23.0 Å². The van der Waals surface area contributed by atoms with E-state index in [2.05, 4.69) is 53.3 Å². The van der Waals surface area contributed by atoms with Crippen LogP contribution in [0.4, 0.5) is 4.39 Å². The summed E-state index contributed by atoms with van der Waals surface area (Å²) in [4.78, 5) is 0. The van der Waals surface area contributed by atoms with Crippen LogP contribution in [0.25, 0.3) is 0 Å². The second-order valence-corrected chi connectivity index (χ2v) is 5.82. The van der Waals surface area contributed by atoms with Gasteiger partial charge in [-0.15, -0.1) is 0 Å². The number of aryl methyl sites for hydroxylation is 1. The molecule has 1 unspecified atom stereocenters. The average Bonchev–Trinajstić information content (AvgIpc) is 2.44. The third-order valence-corrected chi connectivity index (χ3v) is 3.99.